The number of urea groups is 1. The maximum Gasteiger partial charge on any atom is 0.329 e. The quantitative estimate of drug-likeness (QED) is 0.548. The average molecular weight is 497 g/mol. The summed E-state index contributed by atoms with van der Waals surface area (Å²) in [6, 6.07) is 6.49. The highest BCUT2D eigenvalue weighted by molar-refractivity contribution is 9.10. The van der Waals surface area contributed by atoms with Gasteiger partial charge in [0.2, 0.25) is 0 Å². The highest BCUT2D eigenvalue weighted by Crippen LogP contribution is 2.42. The molecule has 0 unspecified atom stereocenters. The van der Waals surface area contributed by atoms with E-state index in [1.165, 1.54) is 12.1 Å². The third kappa shape index (κ3) is 4.28. The minimum atomic E-state index is -2.69. The highest BCUT2D eigenvalue weighted by Gasteiger charge is 2.53. The van der Waals surface area contributed by atoms with Crippen LogP contribution in [0.2, 0.25) is 0 Å². The molecule has 0 saturated heterocycles. The number of carbonyl (C=O) groups excluding carboxylic acids is 2. The van der Waals surface area contributed by atoms with Gasteiger partial charge >= 0.3 is 6.03 Å². The lowest BCUT2D eigenvalue weighted by molar-refractivity contribution is -0.140. The van der Waals surface area contributed by atoms with E-state index in [0.29, 0.717) is 15.9 Å². The molecular formula is C21H23BrF2N4O3. The van der Waals surface area contributed by atoms with Gasteiger partial charge in [0.15, 0.2) is 0 Å². The maximum atomic E-state index is 14.6. The van der Waals surface area contributed by atoms with E-state index in [4.69, 9.17) is 0 Å². The molecule has 166 valence electrons. The van der Waals surface area contributed by atoms with E-state index in [9.17, 15) is 23.5 Å². The molecule has 0 fully saturated rings. The monoisotopic (exact) mass is 496 g/mol. The molecule has 0 spiro atoms. The number of halogens is 3. The largest absolute Gasteiger partial charge is 0.359 e. The van der Waals surface area contributed by atoms with Crippen LogP contribution in [0.3, 0.4) is 0 Å². The number of hydrogen-bond donors (Lipinski definition) is 3. The van der Waals surface area contributed by atoms with Crippen molar-refractivity contribution in [3.05, 3.63) is 58.1 Å². The number of hydrogen-bond acceptors (Lipinski definition) is 4. The third-order valence-electron chi connectivity index (χ3n) is 5.21. The predicted octanol–water partition coefficient (Wildman–Crippen LogP) is 3.38. The van der Waals surface area contributed by atoms with E-state index in [0.717, 1.165) is 31.3 Å². The van der Waals surface area contributed by atoms with E-state index in [1.807, 2.05) is 13.8 Å². The molecular weight excluding hydrogens is 474 g/mol. The van der Waals surface area contributed by atoms with Crippen LogP contribution >= 0.6 is 15.9 Å². The molecule has 1 heterocycles. The topological polar surface area (TPSA) is 84.9 Å². The summed E-state index contributed by atoms with van der Waals surface area (Å²) < 4.78 is 29.7. The van der Waals surface area contributed by atoms with E-state index in [-0.39, 0.29) is 17.8 Å². The van der Waals surface area contributed by atoms with Gasteiger partial charge in [-0.3, -0.25) is 4.79 Å². The molecule has 31 heavy (non-hydrogen) atoms. The Labute approximate surface area is 187 Å². The summed E-state index contributed by atoms with van der Waals surface area (Å²) in [6.07, 6.45) is 0. The number of anilines is 2. The van der Waals surface area contributed by atoms with Crippen molar-refractivity contribution in [2.75, 3.05) is 36.4 Å². The standard InChI is InChI=1S/C21H23BrF2N4O3/c1-3-27(4-2)11-10-25-19(29)21(31)14-12-13(22)8-9-17(14)26-20(30)28(21)18-15(23)6-5-7-16(18)24/h5-9,12,31H,3-4,10-11H2,1-2H3,(H,25,29)(H,26,30)/t21-/m0/s1. The maximum absolute atomic E-state index is 14.6. The van der Waals surface area contributed by atoms with Gasteiger partial charge in [-0.05, 0) is 43.4 Å². The van der Waals surface area contributed by atoms with Crippen LogP contribution in [0.5, 0.6) is 0 Å². The second-order valence-corrected chi connectivity index (χ2v) is 7.90. The van der Waals surface area contributed by atoms with Gasteiger partial charge in [0.05, 0.1) is 5.69 Å². The molecule has 10 heteroatoms. The predicted molar refractivity (Wildman–Crippen MR) is 117 cm³/mol. The number of nitrogens with zero attached hydrogens (tertiary/aromatic N) is 2. The first-order valence-corrected chi connectivity index (χ1v) is 10.6. The lowest BCUT2D eigenvalue weighted by Crippen LogP contribution is -2.63. The zero-order chi connectivity index (χ0) is 22.8. The summed E-state index contributed by atoms with van der Waals surface area (Å²) in [5.74, 6) is -3.16. The summed E-state index contributed by atoms with van der Waals surface area (Å²) in [5.41, 5.74) is -3.38. The summed E-state index contributed by atoms with van der Waals surface area (Å²) in [4.78, 5) is 28.6. The summed E-state index contributed by atoms with van der Waals surface area (Å²) in [6.45, 7) is 6.14. The molecule has 3 N–H and O–H groups in total. The average Bonchev–Trinajstić information content (AvgIpc) is 2.73. The van der Waals surface area contributed by atoms with Gasteiger partial charge in [-0.15, -0.1) is 0 Å². The van der Waals surface area contributed by atoms with Gasteiger partial charge in [0, 0.05) is 23.1 Å². The van der Waals surface area contributed by atoms with Crippen LogP contribution in [-0.2, 0) is 10.5 Å². The Morgan fingerprint density at radius 3 is 2.48 bits per heavy atom. The molecule has 3 rings (SSSR count). The van der Waals surface area contributed by atoms with E-state index < -0.39 is 35.0 Å². The Morgan fingerprint density at radius 2 is 1.87 bits per heavy atom. The molecule has 1 atom stereocenters. The lowest BCUT2D eigenvalue weighted by atomic mass is 9.94. The lowest BCUT2D eigenvalue weighted by Gasteiger charge is -2.42. The SMILES string of the molecule is CCN(CC)CCNC(=O)[C@@]1(O)c2cc(Br)ccc2NC(=O)N1c1c(F)cccc1F. The van der Waals surface area contributed by atoms with Crippen LogP contribution in [0.15, 0.2) is 40.9 Å². The van der Waals surface area contributed by atoms with Gasteiger partial charge < -0.3 is 20.6 Å². The van der Waals surface area contributed by atoms with Crippen molar-refractivity contribution >= 4 is 39.2 Å². The van der Waals surface area contributed by atoms with Gasteiger partial charge in [0.1, 0.15) is 17.3 Å². The van der Waals surface area contributed by atoms with Crippen LogP contribution in [0.25, 0.3) is 0 Å². The summed E-state index contributed by atoms with van der Waals surface area (Å²) in [5, 5.41) is 16.7. The molecule has 0 aliphatic carbocycles. The first-order valence-electron chi connectivity index (χ1n) is 9.82. The van der Waals surface area contributed by atoms with Crippen molar-refractivity contribution < 1.29 is 23.5 Å². The highest BCUT2D eigenvalue weighted by atomic mass is 79.9. The molecule has 0 bridgehead atoms. The minimum Gasteiger partial charge on any atom is -0.359 e. The molecule has 1 aliphatic heterocycles. The number of likely N-dealkylation sites (N-methyl/N-ethyl adjacent to an activating group) is 1. The smallest absolute Gasteiger partial charge is 0.329 e. The van der Waals surface area contributed by atoms with Crippen molar-refractivity contribution in [1.29, 1.82) is 0 Å². The van der Waals surface area contributed by atoms with E-state index >= 15 is 0 Å². The fourth-order valence-corrected chi connectivity index (χ4v) is 3.89. The van der Waals surface area contributed by atoms with Crippen LogP contribution in [-0.4, -0.2) is 48.1 Å². The van der Waals surface area contributed by atoms with Crippen molar-refractivity contribution in [2.24, 2.45) is 0 Å². The second-order valence-electron chi connectivity index (χ2n) is 6.98. The first kappa shape index (κ1) is 23.1. The van der Waals surface area contributed by atoms with Crippen molar-refractivity contribution in [1.82, 2.24) is 10.2 Å². The van der Waals surface area contributed by atoms with Crippen molar-refractivity contribution in [3.8, 4) is 0 Å². The molecule has 0 saturated carbocycles. The zero-order valence-electron chi connectivity index (χ0n) is 17.1. The van der Waals surface area contributed by atoms with Crippen LogP contribution in [0.1, 0.15) is 19.4 Å². The number of para-hydroxylation sites is 1. The normalized spacial score (nSPS) is 18.0. The zero-order valence-corrected chi connectivity index (χ0v) is 18.7. The van der Waals surface area contributed by atoms with Crippen LogP contribution in [0.4, 0.5) is 25.0 Å². The van der Waals surface area contributed by atoms with Gasteiger partial charge in [-0.1, -0.05) is 35.8 Å². The molecule has 2 aromatic rings. The van der Waals surface area contributed by atoms with Crippen molar-refractivity contribution in [2.45, 2.75) is 19.6 Å². The number of amides is 3. The number of carbonyl (C=O) groups is 2. The van der Waals surface area contributed by atoms with Gasteiger partial charge in [-0.2, -0.15) is 0 Å². The van der Waals surface area contributed by atoms with E-state index in [1.54, 1.807) is 6.07 Å². The summed E-state index contributed by atoms with van der Waals surface area (Å²) >= 11 is 3.27. The number of benzene rings is 2. The number of rotatable bonds is 7. The number of aliphatic hydroxyl groups is 1. The Balaban J connectivity index is 2.09. The number of fused-ring (bicyclic) bond motifs is 1. The molecule has 0 radical (unpaired) electrons. The van der Waals surface area contributed by atoms with Crippen molar-refractivity contribution in [3.63, 3.8) is 0 Å². The molecule has 7 nitrogen and oxygen atoms in total. The van der Waals surface area contributed by atoms with Gasteiger partial charge in [-0.25, -0.2) is 18.5 Å². The Morgan fingerprint density at radius 1 is 1.23 bits per heavy atom. The Kier molecular flexibility index (Phi) is 6.93. The van der Waals surface area contributed by atoms with Crippen LogP contribution in [0, 0.1) is 11.6 Å². The third-order valence-corrected chi connectivity index (χ3v) is 5.70. The van der Waals surface area contributed by atoms with E-state index in [2.05, 4.69) is 31.5 Å². The Bertz CT molecular complexity index is 982. The first-order chi connectivity index (χ1) is 14.7. The Hall–Kier alpha value is -2.56. The fraction of sp³-hybridized carbons (Fsp3) is 0.333. The summed E-state index contributed by atoms with van der Waals surface area (Å²) in [7, 11) is 0. The molecule has 2 aromatic carbocycles. The van der Waals surface area contributed by atoms with Crippen LogP contribution < -0.4 is 15.5 Å². The minimum absolute atomic E-state index is 0.0236. The molecule has 3 amide bonds. The fourth-order valence-electron chi connectivity index (χ4n) is 3.53. The second kappa shape index (κ2) is 9.29. The number of nitrogens with one attached hydrogen (secondary N) is 2. The molecule has 1 aliphatic rings. The van der Waals surface area contributed by atoms with Gasteiger partial charge in [0.25, 0.3) is 11.6 Å². The molecule has 0 aromatic heterocycles.